The summed E-state index contributed by atoms with van der Waals surface area (Å²) in [5.41, 5.74) is 0. The van der Waals surface area contributed by atoms with Gasteiger partial charge < -0.3 is 14.2 Å². The number of ether oxygens (including phenoxy) is 3. The summed E-state index contributed by atoms with van der Waals surface area (Å²) in [6.45, 7) is 13.7. The Bertz CT molecular complexity index is 885. The van der Waals surface area contributed by atoms with Crippen molar-refractivity contribution in [1.82, 2.24) is 0 Å². The summed E-state index contributed by atoms with van der Waals surface area (Å²) in [7, 11) is 0. The molecule has 0 aliphatic carbocycles. The maximum atomic E-state index is 12.7. The van der Waals surface area contributed by atoms with Gasteiger partial charge in [0, 0.05) is 19.3 Å². The van der Waals surface area contributed by atoms with Crippen molar-refractivity contribution < 1.29 is 28.6 Å². The van der Waals surface area contributed by atoms with Crippen molar-refractivity contribution in [2.45, 2.75) is 279 Å². The van der Waals surface area contributed by atoms with Gasteiger partial charge in [0.2, 0.25) is 0 Å². The highest BCUT2D eigenvalue weighted by atomic mass is 16.6. The highest BCUT2D eigenvalue weighted by molar-refractivity contribution is 5.71. The second kappa shape index (κ2) is 42.5. The molecule has 338 valence electrons. The zero-order chi connectivity index (χ0) is 42.0. The molecule has 0 fully saturated rings. The van der Waals surface area contributed by atoms with E-state index in [-0.39, 0.29) is 31.1 Å². The lowest BCUT2D eigenvalue weighted by molar-refractivity contribution is -0.167. The Labute approximate surface area is 355 Å². The van der Waals surface area contributed by atoms with Crippen LogP contribution in [0, 0.1) is 17.8 Å². The first-order valence-corrected chi connectivity index (χ1v) is 25.1. The van der Waals surface area contributed by atoms with Crippen molar-refractivity contribution in [2.75, 3.05) is 13.2 Å². The predicted octanol–water partition coefficient (Wildman–Crippen LogP) is 16.0. The van der Waals surface area contributed by atoms with Gasteiger partial charge in [0.05, 0.1) is 0 Å². The Morgan fingerprint density at radius 1 is 0.351 bits per heavy atom. The van der Waals surface area contributed by atoms with Crippen LogP contribution in [0.25, 0.3) is 0 Å². The third kappa shape index (κ3) is 43.8. The molecule has 6 heteroatoms. The van der Waals surface area contributed by atoms with Gasteiger partial charge in [-0.1, -0.05) is 234 Å². The molecule has 0 saturated heterocycles. The van der Waals surface area contributed by atoms with E-state index < -0.39 is 6.10 Å². The number of rotatable bonds is 44. The lowest BCUT2D eigenvalue weighted by atomic mass is 9.99. The van der Waals surface area contributed by atoms with E-state index in [1.165, 1.54) is 154 Å². The number of hydrogen-bond acceptors (Lipinski definition) is 6. The van der Waals surface area contributed by atoms with E-state index >= 15 is 0 Å². The van der Waals surface area contributed by atoms with Crippen LogP contribution < -0.4 is 0 Å². The molecule has 0 aromatic rings. The summed E-state index contributed by atoms with van der Waals surface area (Å²) in [6.07, 6.45) is 40.9. The van der Waals surface area contributed by atoms with Gasteiger partial charge in [-0.3, -0.25) is 14.4 Å². The van der Waals surface area contributed by atoms with E-state index in [0.717, 1.165) is 75.5 Å². The smallest absolute Gasteiger partial charge is 0.306 e. The Balaban J connectivity index is 4.31. The molecular weight excluding hydrogens is 709 g/mol. The number of carbonyl (C=O) groups is 3. The first kappa shape index (κ1) is 55.4. The van der Waals surface area contributed by atoms with Crippen LogP contribution in [0.15, 0.2) is 0 Å². The normalized spacial score (nSPS) is 12.6. The molecule has 0 N–H and O–H groups in total. The molecule has 57 heavy (non-hydrogen) atoms. The predicted molar refractivity (Wildman–Crippen MR) is 243 cm³/mol. The summed E-state index contributed by atoms with van der Waals surface area (Å²) in [5, 5.41) is 0. The number of hydrogen-bond donors (Lipinski definition) is 0. The SMILES string of the molecule is CCC(C)CCCCCCCCCCC(=O)O[C@H](COC(=O)CCCCCCCCCCCCCCCC(C)C)COC(=O)CCCCCCCCCCC(C)C. The van der Waals surface area contributed by atoms with Crippen LogP contribution in [0.5, 0.6) is 0 Å². The monoisotopic (exact) mass is 807 g/mol. The summed E-state index contributed by atoms with van der Waals surface area (Å²) in [4.78, 5) is 37.9. The van der Waals surface area contributed by atoms with E-state index in [0.29, 0.717) is 19.3 Å². The fourth-order valence-corrected chi connectivity index (χ4v) is 7.55. The van der Waals surface area contributed by atoms with Crippen molar-refractivity contribution in [1.29, 1.82) is 0 Å². The number of carbonyl (C=O) groups excluding carboxylic acids is 3. The molecule has 6 nitrogen and oxygen atoms in total. The molecule has 0 spiro atoms. The average Bonchev–Trinajstić information content (AvgIpc) is 3.18. The molecule has 0 radical (unpaired) electrons. The van der Waals surface area contributed by atoms with Crippen LogP contribution >= 0.6 is 0 Å². The van der Waals surface area contributed by atoms with Gasteiger partial charge in [-0.15, -0.1) is 0 Å². The summed E-state index contributed by atoms with van der Waals surface area (Å²) >= 11 is 0. The molecule has 1 unspecified atom stereocenters. The molecule has 2 atom stereocenters. The minimum absolute atomic E-state index is 0.0655. The van der Waals surface area contributed by atoms with Crippen LogP contribution in [0.2, 0.25) is 0 Å². The Hall–Kier alpha value is -1.59. The highest BCUT2D eigenvalue weighted by Gasteiger charge is 2.19. The first-order valence-electron chi connectivity index (χ1n) is 25.1. The quantitative estimate of drug-likeness (QED) is 0.0347. The van der Waals surface area contributed by atoms with E-state index in [2.05, 4.69) is 41.5 Å². The second-order valence-corrected chi connectivity index (χ2v) is 18.6. The van der Waals surface area contributed by atoms with Crippen LogP contribution in [0.3, 0.4) is 0 Å². The topological polar surface area (TPSA) is 78.9 Å². The van der Waals surface area contributed by atoms with Gasteiger partial charge in [-0.2, -0.15) is 0 Å². The molecule has 0 aromatic heterocycles. The zero-order valence-corrected chi connectivity index (χ0v) is 39.1. The van der Waals surface area contributed by atoms with E-state index in [4.69, 9.17) is 14.2 Å². The minimum atomic E-state index is -0.763. The van der Waals surface area contributed by atoms with E-state index in [9.17, 15) is 14.4 Å². The second-order valence-electron chi connectivity index (χ2n) is 18.6. The summed E-state index contributed by atoms with van der Waals surface area (Å²) in [5.74, 6) is 1.62. The fraction of sp³-hybridized carbons (Fsp3) is 0.941. The molecule has 0 saturated carbocycles. The number of unbranched alkanes of at least 4 members (excludes halogenated alkanes) is 26. The number of esters is 3. The molecule has 0 aromatic carbocycles. The van der Waals surface area contributed by atoms with E-state index in [1.807, 2.05) is 0 Å². The average molecular weight is 807 g/mol. The molecular formula is C51H98O6. The molecule has 0 aliphatic heterocycles. The summed E-state index contributed by atoms with van der Waals surface area (Å²) in [6, 6.07) is 0. The third-order valence-electron chi connectivity index (χ3n) is 11.8. The maximum absolute atomic E-state index is 12.7. The molecule has 0 heterocycles. The van der Waals surface area contributed by atoms with Crippen molar-refractivity contribution >= 4 is 17.9 Å². The fourth-order valence-electron chi connectivity index (χ4n) is 7.55. The van der Waals surface area contributed by atoms with Crippen molar-refractivity contribution in [3.05, 3.63) is 0 Å². The lowest BCUT2D eigenvalue weighted by Crippen LogP contribution is -2.30. The Kier molecular flexibility index (Phi) is 41.3. The molecule has 0 amide bonds. The first-order chi connectivity index (χ1) is 27.6. The van der Waals surface area contributed by atoms with Gasteiger partial charge in [-0.05, 0) is 37.0 Å². The van der Waals surface area contributed by atoms with Gasteiger partial charge >= 0.3 is 17.9 Å². The molecule has 0 bridgehead atoms. The minimum Gasteiger partial charge on any atom is -0.462 e. The third-order valence-corrected chi connectivity index (χ3v) is 11.8. The zero-order valence-electron chi connectivity index (χ0n) is 39.1. The van der Waals surface area contributed by atoms with Crippen molar-refractivity contribution in [3.8, 4) is 0 Å². The van der Waals surface area contributed by atoms with Gasteiger partial charge in [0.25, 0.3) is 0 Å². The van der Waals surface area contributed by atoms with Crippen molar-refractivity contribution in [3.63, 3.8) is 0 Å². The van der Waals surface area contributed by atoms with Gasteiger partial charge in [0.15, 0.2) is 6.10 Å². The molecule has 0 aliphatic rings. The van der Waals surface area contributed by atoms with Crippen LogP contribution in [0.4, 0.5) is 0 Å². The van der Waals surface area contributed by atoms with Crippen LogP contribution in [-0.4, -0.2) is 37.2 Å². The summed E-state index contributed by atoms with van der Waals surface area (Å²) < 4.78 is 16.8. The standard InChI is InChI=1S/C51H98O6/c1-7-47(6)39-33-27-21-16-18-24-30-36-42-51(54)57-48(44-56-50(53)41-35-29-23-17-15-20-26-32-38-46(4)5)43-55-49(52)40-34-28-22-14-12-10-8-9-11-13-19-25-31-37-45(2)3/h45-48H,7-44H2,1-6H3/t47?,48-/m1/s1. The Morgan fingerprint density at radius 2 is 0.614 bits per heavy atom. The largest absolute Gasteiger partial charge is 0.462 e. The van der Waals surface area contributed by atoms with Crippen LogP contribution in [0.1, 0.15) is 273 Å². The van der Waals surface area contributed by atoms with E-state index in [1.54, 1.807) is 0 Å². The highest BCUT2D eigenvalue weighted by Crippen LogP contribution is 2.18. The lowest BCUT2D eigenvalue weighted by Gasteiger charge is -2.18. The van der Waals surface area contributed by atoms with Gasteiger partial charge in [-0.25, -0.2) is 0 Å². The molecule has 0 rings (SSSR count). The van der Waals surface area contributed by atoms with Gasteiger partial charge in [0.1, 0.15) is 13.2 Å². The van der Waals surface area contributed by atoms with Crippen LogP contribution in [-0.2, 0) is 28.6 Å². The van der Waals surface area contributed by atoms with Crippen molar-refractivity contribution in [2.24, 2.45) is 17.8 Å². The Morgan fingerprint density at radius 3 is 0.912 bits per heavy atom. The maximum Gasteiger partial charge on any atom is 0.306 e.